The van der Waals surface area contributed by atoms with Crippen LogP contribution in [0.3, 0.4) is 0 Å². The normalized spacial score (nSPS) is 13.1. The van der Waals surface area contributed by atoms with Crippen molar-refractivity contribution in [1.29, 1.82) is 0 Å². The van der Waals surface area contributed by atoms with Crippen LogP contribution in [0, 0.1) is 19.0 Å². The Morgan fingerprint density at radius 2 is 1.61 bits per heavy atom. The second-order valence-electron chi connectivity index (χ2n) is 12.3. The Morgan fingerprint density at radius 1 is 0.804 bits per heavy atom. The number of nitrogens with zero attached hydrogens (tertiary/aromatic N) is 2. The summed E-state index contributed by atoms with van der Waals surface area (Å²) >= 11 is 0. The predicted molar refractivity (Wildman–Crippen MR) is 192 cm³/mol. The molecule has 7 aromatic rings. The van der Waals surface area contributed by atoms with Crippen LogP contribution in [-0.4, -0.2) is 18.0 Å². The molecule has 0 unspecified atom stereocenters. The van der Waals surface area contributed by atoms with Crippen LogP contribution in [0.25, 0.3) is 55.6 Å². The van der Waals surface area contributed by atoms with Gasteiger partial charge in [0.25, 0.3) is 0 Å². The van der Waals surface area contributed by atoms with E-state index in [4.69, 9.17) is 9.90 Å². The predicted octanol–water partition coefficient (Wildman–Crippen LogP) is 10.6. The molecule has 0 amide bonds. The Kier molecular flexibility index (Phi) is 8.61. The molecule has 233 valence electrons. The molecule has 3 nitrogen and oxygen atoms in total. The van der Waals surface area contributed by atoms with Crippen LogP contribution in [0.1, 0.15) is 36.4 Å². The molecular weight excluding hydrogens is 757 g/mol. The van der Waals surface area contributed by atoms with Crippen molar-refractivity contribution in [3.05, 3.63) is 139 Å². The topological polar surface area (TPSA) is 38.9 Å². The van der Waals surface area contributed by atoms with E-state index in [1.807, 2.05) is 68.6 Å². The van der Waals surface area contributed by atoms with E-state index in [-0.39, 0.29) is 25.7 Å². The standard InChI is InChI=1S/C23H14NO.C18H24NSi.Ir/c1-2-7-16(8-3-1)17-12-13-18-19-9-6-10-20(21-11-4-5-14-24-21)23(19)25-22(18)15-17;1-13(2)16-11-17(15-9-7-14(3)8-10-15)19-12-18(16)20(4,5)6;/h1-9,11-15H;7-9,11-13H,1-6H3;/q2*-1;/i;3D3,13D;. The average Bonchev–Trinajstić information content (AvgIpc) is 3.46. The van der Waals surface area contributed by atoms with Crippen LogP contribution in [0.2, 0.25) is 19.6 Å². The Labute approximate surface area is 292 Å². The second-order valence-corrected chi connectivity index (χ2v) is 17.4. The number of rotatable bonds is 5. The molecule has 0 saturated heterocycles. The van der Waals surface area contributed by atoms with Gasteiger partial charge in [-0.3, -0.25) is 0 Å². The zero-order chi connectivity index (χ0) is 35.0. The van der Waals surface area contributed by atoms with Gasteiger partial charge in [0.05, 0.1) is 13.7 Å². The van der Waals surface area contributed by atoms with Crippen LogP contribution in [0.5, 0.6) is 0 Å². The zero-order valence-electron chi connectivity index (χ0n) is 30.6. The van der Waals surface area contributed by atoms with Crippen LogP contribution in [0.15, 0.2) is 120 Å². The van der Waals surface area contributed by atoms with Gasteiger partial charge in [-0.1, -0.05) is 118 Å². The molecule has 3 heterocycles. The second kappa shape index (κ2) is 14.1. The van der Waals surface area contributed by atoms with E-state index in [2.05, 4.69) is 78.1 Å². The molecule has 1 radical (unpaired) electrons. The smallest absolute Gasteiger partial charge is 0.121 e. The molecule has 0 saturated carbocycles. The molecular formula is C41H38IrN2OSi-2. The summed E-state index contributed by atoms with van der Waals surface area (Å²) in [5.74, 6) is -0.716. The SMILES string of the molecule is [2H]C([2H])([2H])c1c[c-]c(-c2cc(C([2H])(C)C)c([Si](C)(C)C)cn2)cc1.[Ir].[c-]1ccc2c(oc3cc(-c4ccccc4)ccc32)c1-c1ccccn1. The fraction of sp³-hybridized carbons (Fsp3) is 0.171. The van der Waals surface area contributed by atoms with E-state index in [1.54, 1.807) is 18.3 Å². The van der Waals surface area contributed by atoms with E-state index in [9.17, 15) is 0 Å². The van der Waals surface area contributed by atoms with E-state index in [0.29, 0.717) is 0 Å². The molecule has 5 heteroatoms. The van der Waals surface area contributed by atoms with Crippen molar-refractivity contribution >= 4 is 35.2 Å². The summed E-state index contributed by atoms with van der Waals surface area (Å²) < 4.78 is 37.0. The summed E-state index contributed by atoms with van der Waals surface area (Å²) in [4.78, 5) is 9.00. The molecule has 0 fully saturated rings. The Morgan fingerprint density at radius 3 is 2.28 bits per heavy atom. The van der Waals surface area contributed by atoms with Gasteiger partial charge in [0, 0.05) is 43.4 Å². The maximum absolute atomic E-state index is 8.48. The van der Waals surface area contributed by atoms with E-state index in [1.165, 1.54) is 16.8 Å². The first kappa shape index (κ1) is 28.1. The van der Waals surface area contributed by atoms with Crippen molar-refractivity contribution in [3.63, 3.8) is 0 Å². The summed E-state index contributed by atoms with van der Waals surface area (Å²) in [6.45, 7) is 8.38. The molecule has 0 N–H and O–H groups in total. The van der Waals surface area contributed by atoms with Gasteiger partial charge in [-0.05, 0) is 45.7 Å². The Hall–Kier alpha value is -4.15. The number of hydrogen-bond acceptors (Lipinski definition) is 3. The van der Waals surface area contributed by atoms with Gasteiger partial charge in [0.15, 0.2) is 0 Å². The third kappa shape index (κ3) is 7.13. The summed E-state index contributed by atoms with van der Waals surface area (Å²) in [5, 5.41) is 3.39. The summed E-state index contributed by atoms with van der Waals surface area (Å²) in [5.41, 5.74) is 8.54. The summed E-state index contributed by atoms with van der Waals surface area (Å²) in [7, 11) is -1.61. The molecule has 0 aliphatic heterocycles. The minimum Gasteiger partial charge on any atom is -0.501 e. The zero-order valence-corrected chi connectivity index (χ0v) is 30.0. The van der Waals surface area contributed by atoms with Crippen molar-refractivity contribution in [2.24, 2.45) is 0 Å². The fourth-order valence-corrected chi connectivity index (χ4v) is 7.03. The Balaban J connectivity index is 0.000000191. The van der Waals surface area contributed by atoms with Crippen LogP contribution in [-0.2, 0) is 20.1 Å². The van der Waals surface area contributed by atoms with Gasteiger partial charge in [-0.25, -0.2) is 0 Å². The third-order valence-electron chi connectivity index (χ3n) is 7.80. The molecule has 0 aliphatic rings. The number of aromatic nitrogens is 2. The van der Waals surface area contributed by atoms with Crippen molar-refractivity contribution in [2.45, 2.75) is 46.2 Å². The largest absolute Gasteiger partial charge is 0.501 e. The van der Waals surface area contributed by atoms with Gasteiger partial charge < -0.3 is 14.4 Å². The molecule has 46 heavy (non-hydrogen) atoms. The summed E-state index contributed by atoms with van der Waals surface area (Å²) in [6.07, 6.45) is 3.68. The monoisotopic (exact) mass is 799 g/mol. The minimum atomic E-state index is -2.13. The molecule has 0 aliphatic carbocycles. The fourth-order valence-electron chi connectivity index (χ4n) is 5.45. The van der Waals surface area contributed by atoms with Gasteiger partial charge in [-0.2, -0.15) is 0 Å². The first-order valence-corrected chi connectivity index (χ1v) is 18.6. The molecule has 0 spiro atoms. The van der Waals surface area contributed by atoms with Crippen LogP contribution < -0.4 is 5.19 Å². The molecule has 0 bridgehead atoms. The van der Waals surface area contributed by atoms with Gasteiger partial charge in [0.1, 0.15) is 5.58 Å². The number of aryl methyl sites for hydroxylation is 1. The summed E-state index contributed by atoms with van der Waals surface area (Å²) in [6, 6.07) is 39.7. The third-order valence-corrected chi connectivity index (χ3v) is 9.82. The number of hydrogen-bond donors (Lipinski definition) is 0. The van der Waals surface area contributed by atoms with Crippen LogP contribution in [0.4, 0.5) is 0 Å². The molecule has 4 aromatic carbocycles. The first-order chi connectivity index (χ1) is 23.2. The van der Waals surface area contributed by atoms with Crippen molar-refractivity contribution in [2.75, 3.05) is 0 Å². The van der Waals surface area contributed by atoms with Gasteiger partial charge in [-0.15, -0.1) is 53.6 Å². The quantitative estimate of drug-likeness (QED) is 0.129. The number of pyridine rings is 2. The van der Waals surface area contributed by atoms with Crippen molar-refractivity contribution < 1.29 is 30.0 Å². The minimum absolute atomic E-state index is 0. The Bertz CT molecular complexity index is 2220. The molecule has 0 atom stereocenters. The average molecular weight is 799 g/mol. The maximum Gasteiger partial charge on any atom is 0.121 e. The maximum atomic E-state index is 8.48. The first-order valence-electron chi connectivity index (χ1n) is 17.1. The number of fused-ring (bicyclic) bond motifs is 3. The number of furan rings is 1. The van der Waals surface area contributed by atoms with Crippen molar-refractivity contribution in [1.82, 2.24) is 9.97 Å². The molecule has 7 rings (SSSR count). The van der Waals surface area contributed by atoms with Crippen molar-refractivity contribution in [3.8, 4) is 33.6 Å². The van der Waals surface area contributed by atoms with E-state index < -0.39 is 20.8 Å². The number of benzene rings is 4. The van der Waals surface area contributed by atoms with E-state index >= 15 is 0 Å². The molecule has 3 aromatic heterocycles. The van der Waals surface area contributed by atoms with E-state index in [0.717, 1.165) is 55.6 Å². The van der Waals surface area contributed by atoms with Gasteiger partial charge >= 0.3 is 0 Å². The van der Waals surface area contributed by atoms with Gasteiger partial charge in [0.2, 0.25) is 0 Å². The van der Waals surface area contributed by atoms with Crippen LogP contribution >= 0.6 is 0 Å².